The molecule has 0 spiro atoms. The number of carbonyl (C=O) groups excluding carboxylic acids is 3. The predicted molar refractivity (Wildman–Crippen MR) is 99.3 cm³/mol. The highest BCUT2D eigenvalue weighted by Crippen LogP contribution is 2.38. The quantitative estimate of drug-likeness (QED) is 0.605. The van der Waals surface area contributed by atoms with Gasteiger partial charge in [0.25, 0.3) is 0 Å². The first-order valence-electron chi connectivity index (χ1n) is 9.13. The van der Waals surface area contributed by atoms with Gasteiger partial charge in [0.05, 0.1) is 12.0 Å². The molecule has 140 valence electrons. The number of carbonyl (C=O) groups is 3. The Bertz CT molecular complexity index is 891. The fraction of sp³-hybridized carbons (Fsp3) is 0.368. The first-order valence-corrected chi connectivity index (χ1v) is 9.13. The van der Waals surface area contributed by atoms with Crippen molar-refractivity contribution in [3.8, 4) is 0 Å². The van der Waals surface area contributed by atoms with Crippen molar-refractivity contribution in [1.82, 2.24) is 14.9 Å². The van der Waals surface area contributed by atoms with Crippen molar-refractivity contribution in [2.24, 2.45) is 0 Å². The summed E-state index contributed by atoms with van der Waals surface area (Å²) in [5, 5.41) is 5.31. The van der Waals surface area contributed by atoms with Crippen LogP contribution in [0.4, 0.5) is 11.4 Å². The van der Waals surface area contributed by atoms with E-state index >= 15 is 0 Å². The first-order chi connectivity index (χ1) is 13.1. The SMILES string of the molecule is O=C(NCCCn1ccnc1)C(=O)Nc1cc2c3c(c1)CCN3C(=O)CC2. The minimum Gasteiger partial charge on any atom is -0.348 e. The summed E-state index contributed by atoms with van der Waals surface area (Å²) in [7, 11) is 0. The molecule has 4 rings (SSSR count). The second kappa shape index (κ2) is 7.22. The van der Waals surface area contributed by atoms with Gasteiger partial charge in [0.15, 0.2) is 0 Å². The van der Waals surface area contributed by atoms with E-state index in [0.717, 1.165) is 29.8 Å². The molecule has 0 bridgehead atoms. The van der Waals surface area contributed by atoms with Crippen molar-refractivity contribution in [2.75, 3.05) is 23.3 Å². The number of hydrogen-bond donors (Lipinski definition) is 2. The van der Waals surface area contributed by atoms with Gasteiger partial charge in [0.1, 0.15) is 0 Å². The smallest absolute Gasteiger partial charge is 0.313 e. The predicted octanol–water partition coefficient (Wildman–Crippen LogP) is 0.863. The van der Waals surface area contributed by atoms with E-state index in [9.17, 15) is 14.4 Å². The van der Waals surface area contributed by atoms with Crippen LogP contribution in [0.3, 0.4) is 0 Å². The first kappa shape index (κ1) is 17.3. The van der Waals surface area contributed by atoms with E-state index in [0.29, 0.717) is 38.0 Å². The molecular formula is C19H21N5O3. The molecule has 0 fully saturated rings. The summed E-state index contributed by atoms with van der Waals surface area (Å²) in [6.07, 6.45) is 7.90. The third-order valence-corrected chi connectivity index (χ3v) is 4.95. The van der Waals surface area contributed by atoms with Crippen LogP contribution in [0.2, 0.25) is 0 Å². The van der Waals surface area contributed by atoms with Gasteiger partial charge in [-0.1, -0.05) is 0 Å². The summed E-state index contributed by atoms with van der Waals surface area (Å²) in [5.41, 5.74) is 3.71. The van der Waals surface area contributed by atoms with E-state index in [1.54, 1.807) is 12.5 Å². The van der Waals surface area contributed by atoms with E-state index in [-0.39, 0.29) is 5.91 Å². The highest BCUT2D eigenvalue weighted by atomic mass is 16.2. The largest absolute Gasteiger partial charge is 0.348 e. The lowest BCUT2D eigenvalue weighted by Crippen LogP contribution is -2.36. The fourth-order valence-electron chi connectivity index (χ4n) is 3.68. The van der Waals surface area contributed by atoms with Gasteiger partial charge in [0.2, 0.25) is 5.91 Å². The summed E-state index contributed by atoms with van der Waals surface area (Å²) >= 11 is 0. The molecule has 1 aromatic heterocycles. The zero-order valence-electron chi connectivity index (χ0n) is 14.9. The van der Waals surface area contributed by atoms with Crippen molar-refractivity contribution in [3.05, 3.63) is 42.0 Å². The van der Waals surface area contributed by atoms with Crippen molar-refractivity contribution in [2.45, 2.75) is 32.2 Å². The van der Waals surface area contributed by atoms with Gasteiger partial charge in [-0.2, -0.15) is 0 Å². The van der Waals surface area contributed by atoms with Gasteiger partial charge >= 0.3 is 11.8 Å². The number of amides is 3. The maximum absolute atomic E-state index is 12.2. The van der Waals surface area contributed by atoms with Crippen molar-refractivity contribution in [1.29, 1.82) is 0 Å². The highest BCUT2D eigenvalue weighted by molar-refractivity contribution is 6.39. The number of anilines is 2. The summed E-state index contributed by atoms with van der Waals surface area (Å²) < 4.78 is 1.91. The zero-order valence-corrected chi connectivity index (χ0v) is 14.9. The van der Waals surface area contributed by atoms with E-state index in [1.165, 1.54) is 0 Å². The van der Waals surface area contributed by atoms with Crippen LogP contribution in [-0.4, -0.2) is 40.4 Å². The number of rotatable bonds is 5. The molecule has 2 aliphatic heterocycles. The summed E-state index contributed by atoms with van der Waals surface area (Å²) in [5.74, 6) is -1.16. The minimum absolute atomic E-state index is 0.160. The van der Waals surface area contributed by atoms with Gasteiger partial charge in [-0.3, -0.25) is 14.4 Å². The van der Waals surface area contributed by atoms with E-state index in [4.69, 9.17) is 0 Å². The zero-order chi connectivity index (χ0) is 18.8. The molecule has 8 nitrogen and oxygen atoms in total. The molecule has 3 heterocycles. The number of nitrogens with zero attached hydrogens (tertiary/aromatic N) is 3. The third kappa shape index (κ3) is 3.55. The average Bonchev–Trinajstić information content (AvgIpc) is 3.32. The van der Waals surface area contributed by atoms with Gasteiger partial charge in [-0.25, -0.2) is 4.98 Å². The van der Waals surface area contributed by atoms with Crippen LogP contribution in [0.15, 0.2) is 30.9 Å². The lowest BCUT2D eigenvalue weighted by molar-refractivity contribution is -0.136. The number of aromatic nitrogens is 2. The van der Waals surface area contributed by atoms with E-state index in [2.05, 4.69) is 15.6 Å². The van der Waals surface area contributed by atoms with E-state index in [1.807, 2.05) is 27.8 Å². The molecule has 27 heavy (non-hydrogen) atoms. The number of benzene rings is 1. The Balaban J connectivity index is 1.33. The minimum atomic E-state index is -0.675. The van der Waals surface area contributed by atoms with Crippen LogP contribution >= 0.6 is 0 Å². The molecule has 2 aromatic rings. The molecule has 2 aliphatic rings. The number of aryl methyl sites for hydroxylation is 2. The summed E-state index contributed by atoms with van der Waals surface area (Å²) in [6.45, 7) is 1.83. The Morgan fingerprint density at radius 3 is 2.70 bits per heavy atom. The molecule has 2 N–H and O–H groups in total. The highest BCUT2D eigenvalue weighted by Gasteiger charge is 2.31. The van der Waals surface area contributed by atoms with Crippen LogP contribution in [0.25, 0.3) is 0 Å². The Hall–Kier alpha value is -3.16. The molecule has 1 aromatic carbocycles. The van der Waals surface area contributed by atoms with Gasteiger partial charge in [-0.15, -0.1) is 0 Å². The molecule has 8 heteroatoms. The molecule has 0 saturated heterocycles. The van der Waals surface area contributed by atoms with Gasteiger partial charge < -0.3 is 20.1 Å². The fourth-order valence-corrected chi connectivity index (χ4v) is 3.68. The monoisotopic (exact) mass is 367 g/mol. The number of hydrogen-bond acceptors (Lipinski definition) is 4. The van der Waals surface area contributed by atoms with Crippen molar-refractivity contribution < 1.29 is 14.4 Å². The molecular weight excluding hydrogens is 346 g/mol. The van der Waals surface area contributed by atoms with Gasteiger partial charge in [-0.05, 0) is 42.5 Å². The van der Waals surface area contributed by atoms with Crippen LogP contribution in [0.1, 0.15) is 24.0 Å². The third-order valence-electron chi connectivity index (χ3n) is 4.95. The lowest BCUT2D eigenvalue weighted by Gasteiger charge is -2.25. The Labute approximate surface area is 156 Å². The van der Waals surface area contributed by atoms with Gasteiger partial charge in [0, 0.05) is 44.1 Å². The maximum Gasteiger partial charge on any atom is 0.313 e. The molecule has 3 amide bonds. The Morgan fingerprint density at radius 2 is 1.93 bits per heavy atom. The molecule has 0 atom stereocenters. The topological polar surface area (TPSA) is 96.3 Å². The van der Waals surface area contributed by atoms with Crippen LogP contribution < -0.4 is 15.5 Å². The second-order valence-corrected chi connectivity index (χ2v) is 6.80. The van der Waals surface area contributed by atoms with Crippen molar-refractivity contribution in [3.63, 3.8) is 0 Å². The van der Waals surface area contributed by atoms with Crippen LogP contribution in [0.5, 0.6) is 0 Å². The van der Waals surface area contributed by atoms with Crippen molar-refractivity contribution >= 4 is 29.1 Å². The standard InChI is InChI=1S/C19H21N5O3/c25-16-3-2-13-10-15(11-14-4-8-24(16)17(13)14)22-19(27)18(26)21-5-1-7-23-9-6-20-12-23/h6,9-12H,1-5,7-8H2,(H,21,26)(H,22,27). The molecule has 0 saturated carbocycles. The Kier molecular flexibility index (Phi) is 4.62. The Morgan fingerprint density at radius 1 is 1.11 bits per heavy atom. The number of nitrogens with one attached hydrogen (secondary N) is 2. The van der Waals surface area contributed by atoms with Crippen LogP contribution in [0, 0.1) is 0 Å². The lowest BCUT2D eigenvalue weighted by atomic mass is 9.98. The molecule has 0 aliphatic carbocycles. The molecule has 0 unspecified atom stereocenters. The summed E-state index contributed by atoms with van der Waals surface area (Å²) in [4.78, 5) is 41.9. The number of imidazole rings is 1. The molecule has 0 radical (unpaired) electrons. The maximum atomic E-state index is 12.2. The van der Waals surface area contributed by atoms with E-state index < -0.39 is 11.8 Å². The summed E-state index contributed by atoms with van der Waals surface area (Å²) in [6, 6.07) is 3.73. The average molecular weight is 367 g/mol. The normalized spacial score (nSPS) is 14.8. The van der Waals surface area contributed by atoms with Crippen LogP contribution in [-0.2, 0) is 33.8 Å². The second-order valence-electron chi connectivity index (χ2n) is 6.80.